The summed E-state index contributed by atoms with van der Waals surface area (Å²) in [5.41, 5.74) is -0.940. The number of esters is 2. The van der Waals surface area contributed by atoms with Gasteiger partial charge in [-0.15, -0.1) is 0 Å². The van der Waals surface area contributed by atoms with Gasteiger partial charge in [-0.2, -0.15) is 0 Å². The van der Waals surface area contributed by atoms with Crippen molar-refractivity contribution < 1.29 is 28.7 Å². The number of carbonyl (C=O) groups excluding carboxylic acids is 4. The van der Waals surface area contributed by atoms with E-state index in [-0.39, 0.29) is 44.0 Å². The third kappa shape index (κ3) is 2.98. The van der Waals surface area contributed by atoms with E-state index < -0.39 is 23.3 Å². The SMILES string of the molecule is C=C1CCC(C(=O)OC)(C(=O)OC)C/C=C/CN2C(=O)C[C@@H]1C2=O. The van der Waals surface area contributed by atoms with Crippen molar-refractivity contribution in [2.75, 3.05) is 20.8 Å². The van der Waals surface area contributed by atoms with Crippen LogP contribution in [0.4, 0.5) is 0 Å². The molecule has 0 radical (unpaired) electrons. The van der Waals surface area contributed by atoms with Crippen LogP contribution >= 0.6 is 0 Å². The van der Waals surface area contributed by atoms with Crippen molar-refractivity contribution in [3.63, 3.8) is 0 Å². The van der Waals surface area contributed by atoms with Gasteiger partial charge in [0, 0.05) is 13.0 Å². The largest absolute Gasteiger partial charge is 0.468 e. The van der Waals surface area contributed by atoms with Gasteiger partial charge in [-0.1, -0.05) is 24.3 Å². The molecule has 0 aromatic heterocycles. The maximum absolute atomic E-state index is 12.3. The summed E-state index contributed by atoms with van der Waals surface area (Å²) in [5, 5.41) is 0. The molecule has 2 aliphatic heterocycles. The molecule has 1 atom stereocenters. The molecule has 0 aliphatic carbocycles. The topological polar surface area (TPSA) is 90.0 Å². The molecule has 7 heteroatoms. The molecule has 0 N–H and O–H groups in total. The molecular formula is C17H21NO6. The summed E-state index contributed by atoms with van der Waals surface area (Å²) in [7, 11) is 2.43. The van der Waals surface area contributed by atoms with Gasteiger partial charge in [0.25, 0.3) is 0 Å². The summed E-state index contributed by atoms with van der Waals surface area (Å²) >= 11 is 0. The van der Waals surface area contributed by atoms with Crippen LogP contribution in [0.3, 0.4) is 0 Å². The number of allylic oxidation sites excluding steroid dienone is 1. The molecule has 0 spiro atoms. The first-order valence-electron chi connectivity index (χ1n) is 7.71. The van der Waals surface area contributed by atoms with E-state index in [1.54, 1.807) is 12.2 Å². The molecule has 130 valence electrons. The highest BCUT2D eigenvalue weighted by atomic mass is 16.5. The summed E-state index contributed by atoms with van der Waals surface area (Å²) < 4.78 is 9.63. The molecule has 0 aromatic rings. The molecule has 0 unspecified atom stereocenters. The van der Waals surface area contributed by atoms with Crippen molar-refractivity contribution in [2.24, 2.45) is 11.3 Å². The van der Waals surface area contributed by atoms with Crippen molar-refractivity contribution in [3.05, 3.63) is 24.3 Å². The minimum Gasteiger partial charge on any atom is -0.468 e. The van der Waals surface area contributed by atoms with Crippen LogP contribution in [-0.2, 0) is 28.7 Å². The van der Waals surface area contributed by atoms with Crippen molar-refractivity contribution in [1.29, 1.82) is 0 Å². The third-order valence-corrected chi connectivity index (χ3v) is 4.68. The number of ether oxygens (including phenoxy) is 2. The van der Waals surface area contributed by atoms with Gasteiger partial charge in [-0.05, 0) is 19.3 Å². The average Bonchev–Trinajstić information content (AvgIpc) is 2.85. The number of hydrogen-bond donors (Lipinski definition) is 0. The Morgan fingerprint density at radius 1 is 1.21 bits per heavy atom. The minimum atomic E-state index is -1.48. The quantitative estimate of drug-likeness (QED) is 0.323. The lowest BCUT2D eigenvalue weighted by Crippen LogP contribution is -2.41. The fourth-order valence-electron chi connectivity index (χ4n) is 3.15. The zero-order valence-electron chi connectivity index (χ0n) is 13.9. The molecule has 2 heterocycles. The van der Waals surface area contributed by atoms with E-state index in [9.17, 15) is 19.2 Å². The van der Waals surface area contributed by atoms with Crippen LogP contribution in [-0.4, -0.2) is 49.4 Å². The first-order chi connectivity index (χ1) is 11.4. The highest BCUT2D eigenvalue weighted by Gasteiger charge is 2.48. The number of fused-ring (bicyclic) bond motifs is 2. The zero-order valence-corrected chi connectivity index (χ0v) is 13.9. The smallest absolute Gasteiger partial charge is 0.323 e. The number of imide groups is 1. The fraction of sp³-hybridized carbons (Fsp3) is 0.529. The highest BCUT2D eigenvalue weighted by Crippen LogP contribution is 2.37. The van der Waals surface area contributed by atoms with Crippen LogP contribution in [0.25, 0.3) is 0 Å². The lowest BCUT2D eigenvalue weighted by Gasteiger charge is -2.27. The summed E-state index contributed by atoms with van der Waals surface area (Å²) in [4.78, 5) is 50.1. The molecule has 0 aromatic carbocycles. The molecule has 2 bridgehead atoms. The second kappa shape index (κ2) is 6.98. The Bertz CT molecular complexity index is 605. The number of rotatable bonds is 2. The van der Waals surface area contributed by atoms with Crippen LogP contribution in [0.15, 0.2) is 24.3 Å². The lowest BCUT2D eigenvalue weighted by molar-refractivity contribution is -0.169. The number of methoxy groups -OCH3 is 2. The van der Waals surface area contributed by atoms with E-state index in [1.165, 1.54) is 19.1 Å². The van der Waals surface area contributed by atoms with Gasteiger partial charge in [0.15, 0.2) is 5.41 Å². The third-order valence-electron chi connectivity index (χ3n) is 4.68. The van der Waals surface area contributed by atoms with Crippen molar-refractivity contribution in [3.8, 4) is 0 Å². The molecule has 2 rings (SSSR count). The Kier molecular flexibility index (Phi) is 5.21. The molecule has 2 amide bonds. The Balaban J connectivity index is 2.38. The summed E-state index contributed by atoms with van der Waals surface area (Å²) in [6, 6.07) is 0. The molecule has 24 heavy (non-hydrogen) atoms. The first-order valence-corrected chi connectivity index (χ1v) is 7.71. The summed E-state index contributed by atoms with van der Waals surface area (Å²) in [6.07, 6.45) is 3.71. The Morgan fingerprint density at radius 2 is 1.83 bits per heavy atom. The Labute approximate surface area is 140 Å². The second-order valence-electron chi connectivity index (χ2n) is 6.00. The first kappa shape index (κ1) is 17.9. The average molecular weight is 335 g/mol. The standard InChI is InChI=1S/C17H21NO6/c1-11-6-8-17(15(21)23-2,16(22)24-3)7-4-5-9-18-13(19)10-12(11)14(18)20/h4-5,12H,1,6-10H2,2-3H3/b5-4+/t12-/m0/s1. The molecule has 2 aliphatic rings. The van der Waals surface area contributed by atoms with Gasteiger partial charge in [0.2, 0.25) is 11.8 Å². The monoisotopic (exact) mass is 335 g/mol. The molecule has 1 saturated heterocycles. The van der Waals surface area contributed by atoms with Gasteiger partial charge >= 0.3 is 11.9 Å². The molecule has 1 fully saturated rings. The van der Waals surface area contributed by atoms with Gasteiger partial charge in [0.05, 0.1) is 20.1 Å². The van der Waals surface area contributed by atoms with E-state index >= 15 is 0 Å². The van der Waals surface area contributed by atoms with Crippen LogP contribution in [0.1, 0.15) is 25.7 Å². The number of amides is 2. The van der Waals surface area contributed by atoms with E-state index in [4.69, 9.17) is 9.47 Å². The normalized spacial score (nSPS) is 25.0. The van der Waals surface area contributed by atoms with Gasteiger partial charge in [-0.3, -0.25) is 24.1 Å². The van der Waals surface area contributed by atoms with Crippen molar-refractivity contribution in [1.82, 2.24) is 4.90 Å². The number of nitrogens with zero attached hydrogens (tertiary/aromatic N) is 1. The summed E-state index contributed by atoms with van der Waals surface area (Å²) in [5.74, 6) is -2.48. The minimum absolute atomic E-state index is 0.0700. The highest BCUT2D eigenvalue weighted by molar-refractivity contribution is 6.05. The van der Waals surface area contributed by atoms with E-state index in [2.05, 4.69) is 6.58 Å². The lowest BCUT2D eigenvalue weighted by atomic mass is 9.77. The number of carbonyl (C=O) groups is 4. The van der Waals surface area contributed by atoms with Crippen LogP contribution in [0.2, 0.25) is 0 Å². The van der Waals surface area contributed by atoms with Gasteiger partial charge < -0.3 is 9.47 Å². The van der Waals surface area contributed by atoms with Crippen molar-refractivity contribution >= 4 is 23.8 Å². The van der Waals surface area contributed by atoms with Crippen LogP contribution in [0.5, 0.6) is 0 Å². The van der Waals surface area contributed by atoms with Gasteiger partial charge in [-0.25, -0.2) is 0 Å². The fourth-order valence-corrected chi connectivity index (χ4v) is 3.15. The van der Waals surface area contributed by atoms with Crippen LogP contribution in [0, 0.1) is 11.3 Å². The maximum Gasteiger partial charge on any atom is 0.323 e. The van der Waals surface area contributed by atoms with E-state index in [0.29, 0.717) is 5.57 Å². The Morgan fingerprint density at radius 3 is 2.42 bits per heavy atom. The Hall–Kier alpha value is -2.44. The molecule has 7 nitrogen and oxygen atoms in total. The maximum atomic E-state index is 12.3. The zero-order chi connectivity index (χ0) is 17.9. The number of hydrogen-bond acceptors (Lipinski definition) is 6. The van der Waals surface area contributed by atoms with E-state index in [0.717, 1.165) is 0 Å². The predicted molar refractivity (Wildman–Crippen MR) is 83.4 cm³/mol. The van der Waals surface area contributed by atoms with E-state index in [1.807, 2.05) is 0 Å². The second-order valence-corrected chi connectivity index (χ2v) is 6.00. The summed E-state index contributed by atoms with van der Waals surface area (Å²) in [6.45, 7) is 4.01. The van der Waals surface area contributed by atoms with Gasteiger partial charge in [0.1, 0.15) is 0 Å². The molecule has 0 saturated carbocycles. The van der Waals surface area contributed by atoms with Crippen molar-refractivity contribution in [2.45, 2.75) is 25.7 Å². The predicted octanol–water partition coefficient (Wildman–Crippen LogP) is 0.990. The van der Waals surface area contributed by atoms with Crippen LogP contribution < -0.4 is 0 Å². The molecular weight excluding hydrogens is 314 g/mol.